The zero-order valence-electron chi connectivity index (χ0n) is 10.9. The molecule has 104 valence electrons. The summed E-state index contributed by atoms with van der Waals surface area (Å²) in [5, 5.41) is 12.5. The number of hydrogen-bond donors (Lipinski definition) is 2. The van der Waals surface area contributed by atoms with E-state index >= 15 is 0 Å². The maximum absolute atomic E-state index is 12.2. The van der Waals surface area contributed by atoms with E-state index in [-0.39, 0.29) is 18.6 Å². The molecule has 0 spiro atoms. The molecule has 5 heteroatoms. The van der Waals surface area contributed by atoms with Crippen LogP contribution in [0.4, 0.5) is 0 Å². The van der Waals surface area contributed by atoms with Gasteiger partial charge in [0.05, 0.1) is 19.1 Å². The van der Waals surface area contributed by atoms with Crippen molar-refractivity contribution < 1.29 is 14.6 Å². The highest BCUT2D eigenvalue weighted by molar-refractivity contribution is 5.76. The molecule has 0 aromatic rings. The van der Waals surface area contributed by atoms with Crippen LogP contribution in [0.15, 0.2) is 0 Å². The third kappa shape index (κ3) is 3.93. The van der Waals surface area contributed by atoms with Crippen LogP contribution in [0.2, 0.25) is 0 Å². The van der Waals surface area contributed by atoms with Crippen molar-refractivity contribution in [1.82, 2.24) is 10.2 Å². The van der Waals surface area contributed by atoms with Crippen LogP contribution in [0.5, 0.6) is 0 Å². The Bertz CT molecular complexity index is 261. The topological polar surface area (TPSA) is 61.8 Å². The highest BCUT2D eigenvalue weighted by Gasteiger charge is 2.25. The summed E-state index contributed by atoms with van der Waals surface area (Å²) < 4.78 is 5.50. The lowest BCUT2D eigenvalue weighted by Gasteiger charge is -2.26. The molecule has 0 aromatic carbocycles. The van der Waals surface area contributed by atoms with Gasteiger partial charge in [-0.15, -0.1) is 0 Å². The lowest BCUT2D eigenvalue weighted by atomic mass is 10.1. The molecule has 2 aliphatic rings. The standard InChI is InChI=1S/C13H24N2O3/c16-7-6-15(10-11-3-1-5-14-11)13(17)9-12-4-2-8-18-12/h11-12,14,16H,1-10H2. The summed E-state index contributed by atoms with van der Waals surface area (Å²) >= 11 is 0. The molecule has 2 unspecified atom stereocenters. The van der Waals surface area contributed by atoms with E-state index in [1.165, 1.54) is 6.42 Å². The van der Waals surface area contributed by atoms with Crippen molar-refractivity contribution in [2.24, 2.45) is 0 Å². The van der Waals surface area contributed by atoms with Crippen LogP contribution >= 0.6 is 0 Å². The summed E-state index contributed by atoms with van der Waals surface area (Å²) in [4.78, 5) is 14.0. The molecule has 2 saturated heterocycles. The molecule has 5 nitrogen and oxygen atoms in total. The zero-order valence-corrected chi connectivity index (χ0v) is 10.9. The Balaban J connectivity index is 1.80. The van der Waals surface area contributed by atoms with Crippen molar-refractivity contribution in [3.8, 4) is 0 Å². The van der Waals surface area contributed by atoms with Crippen LogP contribution in [0.1, 0.15) is 32.1 Å². The van der Waals surface area contributed by atoms with Crippen LogP contribution in [-0.4, -0.2) is 60.9 Å². The Morgan fingerprint density at radius 3 is 2.89 bits per heavy atom. The minimum Gasteiger partial charge on any atom is -0.395 e. The summed E-state index contributed by atoms with van der Waals surface area (Å²) in [7, 11) is 0. The average molecular weight is 256 g/mol. The van der Waals surface area contributed by atoms with Gasteiger partial charge in [0.15, 0.2) is 0 Å². The van der Waals surface area contributed by atoms with Gasteiger partial charge in [0.1, 0.15) is 0 Å². The van der Waals surface area contributed by atoms with Crippen LogP contribution in [0.3, 0.4) is 0 Å². The molecule has 0 saturated carbocycles. The smallest absolute Gasteiger partial charge is 0.225 e. The van der Waals surface area contributed by atoms with E-state index in [2.05, 4.69) is 5.32 Å². The number of aliphatic hydroxyl groups is 1. The first-order valence-electron chi connectivity index (χ1n) is 7.03. The molecule has 1 amide bonds. The molecule has 0 radical (unpaired) electrons. The van der Waals surface area contributed by atoms with Crippen molar-refractivity contribution in [3.05, 3.63) is 0 Å². The maximum atomic E-state index is 12.2. The lowest BCUT2D eigenvalue weighted by molar-refractivity contribution is -0.134. The van der Waals surface area contributed by atoms with E-state index in [0.29, 0.717) is 25.6 Å². The molecule has 2 heterocycles. The van der Waals surface area contributed by atoms with Crippen LogP contribution < -0.4 is 5.32 Å². The quantitative estimate of drug-likeness (QED) is 0.709. The van der Waals surface area contributed by atoms with Gasteiger partial charge in [0.25, 0.3) is 0 Å². The number of amides is 1. The fourth-order valence-corrected chi connectivity index (χ4v) is 2.75. The lowest BCUT2D eigenvalue weighted by Crippen LogP contribution is -2.43. The molecule has 0 aromatic heterocycles. The van der Waals surface area contributed by atoms with Gasteiger partial charge in [0, 0.05) is 25.7 Å². The Morgan fingerprint density at radius 1 is 1.39 bits per heavy atom. The summed E-state index contributed by atoms with van der Waals surface area (Å²) in [6.07, 6.45) is 4.90. The van der Waals surface area contributed by atoms with E-state index in [4.69, 9.17) is 9.84 Å². The predicted octanol–water partition coefficient (Wildman–Crippen LogP) is 0.128. The molecule has 2 N–H and O–H groups in total. The first-order valence-corrected chi connectivity index (χ1v) is 7.03. The van der Waals surface area contributed by atoms with Gasteiger partial charge in [-0.3, -0.25) is 4.79 Å². The molecule has 2 aliphatic heterocycles. The molecule has 0 aliphatic carbocycles. The number of ether oxygens (including phenoxy) is 1. The second-order valence-electron chi connectivity index (χ2n) is 5.20. The summed E-state index contributed by atoms with van der Waals surface area (Å²) in [5.74, 6) is 0.115. The number of nitrogens with one attached hydrogen (secondary N) is 1. The predicted molar refractivity (Wildman–Crippen MR) is 68.3 cm³/mol. The number of carbonyl (C=O) groups excluding carboxylic acids is 1. The number of nitrogens with zero attached hydrogens (tertiary/aromatic N) is 1. The monoisotopic (exact) mass is 256 g/mol. The summed E-state index contributed by atoms with van der Waals surface area (Å²) in [6.45, 7) is 3.00. The highest BCUT2D eigenvalue weighted by Crippen LogP contribution is 2.17. The van der Waals surface area contributed by atoms with Crippen LogP contribution in [-0.2, 0) is 9.53 Å². The molecule has 2 atom stereocenters. The molecular weight excluding hydrogens is 232 g/mol. The van der Waals surface area contributed by atoms with Gasteiger partial charge >= 0.3 is 0 Å². The first-order chi connectivity index (χ1) is 8.79. The Labute approximate surface area is 108 Å². The van der Waals surface area contributed by atoms with Crippen molar-refractivity contribution in [3.63, 3.8) is 0 Å². The largest absolute Gasteiger partial charge is 0.395 e. The van der Waals surface area contributed by atoms with E-state index in [1.807, 2.05) is 0 Å². The molecule has 2 fully saturated rings. The minimum absolute atomic E-state index is 0.0317. The van der Waals surface area contributed by atoms with Gasteiger partial charge in [-0.1, -0.05) is 0 Å². The highest BCUT2D eigenvalue weighted by atomic mass is 16.5. The van der Waals surface area contributed by atoms with Crippen LogP contribution in [0, 0.1) is 0 Å². The SMILES string of the molecule is O=C(CC1CCCO1)N(CCO)CC1CCCN1. The van der Waals surface area contributed by atoms with Gasteiger partial charge in [0.2, 0.25) is 5.91 Å². The summed E-state index contributed by atoms with van der Waals surface area (Å²) in [6, 6.07) is 0.394. The van der Waals surface area contributed by atoms with Gasteiger partial charge in [-0.25, -0.2) is 0 Å². The van der Waals surface area contributed by atoms with Crippen molar-refractivity contribution in [1.29, 1.82) is 0 Å². The maximum Gasteiger partial charge on any atom is 0.225 e. The fraction of sp³-hybridized carbons (Fsp3) is 0.923. The third-order valence-corrected chi connectivity index (χ3v) is 3.75. The Hall–Kier alpha value is -0.650. The first kappa shape index (κ1) is 13.8. The van der Waals surface area contributed by atoms with E-state index < -0.39 is 0 Å². The van der Waals surface area contributed by atoms with Crippen LogP contribution in [0.25, 0.3) is 0 Å². The minimum atomic E-state index is 0.0317. The molecular formula is C13H24N2O3. The number of carbonyl (C=O) groups is 1. The molecule has 0 bridgehead atoms. The number of aliphatic hydroxyl groups excluding tert-OH is 1. The number of rotatable bonds is 6. The summed E-state index contributed by atoms with van der Waals surface area (Å²) in [5.41, 5.74) is 0. The second kappa shape index (κ2) is 7.07. The zero-order chi connectivity index (χ0) is 12.8. The van der Waals surface area contributed by atoms with Gasteiger partial charge in [-0.05, 0) is 32.2 Å². The van der Waals surface area contributed by atoms with Gasteiger partial charge in [-0.2, -0.15) is 0 Å². The van der Waals surface area contributed by atoms with Crippen molar-refractivity contribution >= 4 is 5.91 Å². The number of hydrogen-bond acceptors (Lipinski definition) is 4. The second-order valence-corrected chi connectivity index (χ2v) is 5.20. The normalized spacial score (nSPS) is 27.6. The Kier molecular flexibility index (Phi) is 5.41. The van der Waals surface area contributed by atoms with E-state index in [1.54, 1.807) is 4.90 Å². The fourth-order valence-electron chi connectivity index (χ4n) is 2.75. The van der Waals surface area contributed by atoms with E-state index in [9.17, 15) is 4.79 Å². The van der Waals surface area contributed by atoms with E-state index in [0.717, 1.165) is 32.4 Å². The molecule has 18 heavy (non-hydrogen) atoms. The molecule has 2 rings (SSSR count). The van der Waals surface area contributed by atoms with Crippen molar-refractivity contribution in [2.45, 2.75) is 44.2 Å². The van der Waals surface area contributed by atoms with Gasteiger partial charge < -0.3 is 20.1 Å². The average Bonchev–Trinajstić information content (AvgIpc) is 3.01. The third-order valence-electron chi connectivity index (χ3n) is 3.75. The van der Waals surface area contributed by atoms with Crippen molar-refractivity contribution in [2.75, 3.05) is 32.8 Å². The Morgan fingerprint density at radius 2 is 2.28 bits per heavy atom.